The van der Waals surface area contributed by atoms with Gasteiger partial charge >= 0.3 is 0 Å². The molecular weight excluding hydrogens is 413 g/mol. The van der Waals surface area contributed by atoms with Gasteiger partial charge in [-0.3, -0.25) is 0 Å². The van der Waals surface area contributed by atoms with Gasteiger partial charge in [0.05, 0.1) is 21.1 Å². The van der Waals surface area contributed by atoms with E-state index in [4.69, 9.17) is 32.5 Å². The molecule has 2 aromatic carbocycles. The number of halogens is 2. The Bertz CT molecular complexity index is 1150. The first kappa shape index (κ1) is 19.5. The Labute approximate surface area is 177 Å². The predicted octanol–water partition coefficient (Wildman–Crippen LogP) is 5.34. The Balaban J connectivity index is 1.51. The summed E-state index contributed by atoms with van der Waals surface area (Å²) >= 11 is 11.9. The van der Waals surface area contributed by atoms with Gasteiger partial charge in [0.25, 0.3) is 5.89 Å². The maximum Gasteiger partial charge on any atom is 0.264 e. The number of anilines is 1. The molecule has 0 spiro atoms. The monoisotopic (exact) mass is 431 g/mol. The van der Waals surface area contributed by atoms with E-state index in [1.807, 2.05) is 25.2 Å². The van der Waals surface area contributed by atoms with Crippen molar-refractivity contribution in [3.63, 3.8) is 0 Å². The van der Waals surface area contributed by atoms with Gasteiger partial charge in [0.15, 0.2) is 6.61 Å². The highest BCUT2D eigenvalue weighted by molar-refractivity contribution is 6.42. The smallest absolute Gasteiger partial charge is 0.264 e. The lowest BCUT2D eigenvalue weighted by Crippen LogP contribution is -2.26. The number of benzene rings is 2. The molecule has 2 heterocycles. The maximum absolute atomic E-state index is 5.99. The largest absolute Gasteiger partial charge is 0.484 e. The lowest BCUT2D eigenvalue weighted by Gasteiger charge is -2.19. The highest BCUT2D eigenvalue weighted by Crippen LogP contribution is 2.27. The molecule has 0 saturated heterocycles. The molecule has 1 N–H and O–H groups in total. The van der Waals surface area contributed by atoms with Gasteiger partial charge in [-0.2, -0.15) is 4.98 Å². The number of nitrogens with zero attached hydrogens (tertiary/aromatic N) is 4. The number of rotatable bonds is 6. The van der Waals surface area contributed by atoms with Crippen LogP contribution < -0.4 is 9.64 Å². The van der Waals surface area contributed by atoms with Crippen molar-refractivity contribution in [1.82, 2.24) is 20.1 Å². The standard InChI is InChI=1S/C20H19Cl2N5O2/c1-11(2)27(3)20-23-16-7-4-12(8-17(16)24-20)19-25-18(29-26-19)10-28-13-5-6-14(21)15(22)9-13/h4-9,11H,10H2,1-3H3,(H,23,24). The van der Waals surface area contributed by atoms with Gasteiger partial charge in [-0.25, -0.2) is 4.98 Å². The summed E-state index contributed by atoms with van der Waals surface area (Å²) in [7, 11) is 2.00. The van der Waals surface area contributed by atoms with Gasteiger partial charge < -0.3 is 19.1 Å². The first-order chi connectivity index (χ1) is 13.9. The van der Waals surface area contributed by atoms with Gasteiger partial charge in [-0.1, -0.05) is 28.4 Å². The van der Waals surface area contributed by atoms with E-state index in [9.17, 15) is 0 Å². The highest BCUT2D eigenvalue weighted by Gasteiger charge is 2.14. The van der Waals surface area contributed by atoms with Crippen LogP contribution in [-0.4, -0.2) is 33.2 Å². The van der Waals surface area contributed by atoms with Gasteiger partial charge in [0.1, 0.15) is 5.75 Å². The average Bonchev–Trinajstić information content (AvgIpc) is 3.34. The van der Waals surface area contributed by atoms with E-state index >= 15 is 0 Å². The molecule has 9 heteroatoms. The van der Waals surface area contributed by atoms with Crippen molar-refractivity contribution in [3.8, 4) is 17.1 Å². The number of nitrogens with one attached hydrogen (secondary N) is 1. The average molecular weight is 432 g/mol. The Morgan fingerprint density at radius 1 is 1.10 bits per heavy atom. The molecule has 7 nitrogen and oxygen atoms in total. The third kappa shape index (κ3) is 4.16. The number of fused-ring (bicyclic) bond motifs is 1. The van der Waals surface area contributed by atoms with Crippen molar-refractivity contribution in [2.75, 3.05) is 11.9 Å². The molecule has 0 atom stereocenters. The number of aromatic nitrogens is 4. The van der Waals surface area contributed by atoms with Crippen LogP contribution in [0.3, 0.4) is 0 Å². The minimum Gasteiger partial charge on any atom is -0.484 e. The van der Waals surface area contributed by atoms with E-state index < -0.39 is 0 Å². The van der Waals surface area contributed by atoms with E-state index in [0.29, 0.717) is 33.6 Å². The molecule has 2 aromatic heterocycles. The van der Waals surface area contributed by atoms with E-state index in [1.165, 1.54) is 0 Å². The van der Waals surface area contributed by atoms with Crippen molar-refractivity contribution in [1.29, 1.82) is 0 Å². The quantitative estimate of drug-likeness (QED) is 0.443. The Morgan fingerprint density at radius 2 is 1.93 bits per heavy atom. The van der Waals surface area contributed by atoms with Crippen LogP contribution in [-0.2, 0) is 6.61 Å². The molecule has 0 amide bonds. The van der Waals surface area contributed by atoms with Gasteiger partial charge in [0, 0.05) is 24.7 Å². The van der Waals surface area contributed by atoms with E-state index in [-0.39, 0.29) is 6.61 Å². The molecule has 4 aromatic rings. The van der Waals surface area contributed by atoms with Crippen molar-refractivity contribution < 1.29 is 9.26 Å². The van der Waals surface area contributed by atoms with Crippen molar-refractivity contribution in [2.24, 2.45) is 0 Å². The molecule has 0 aliphatic rings. The van der Waals surface area contributed by atoms with Crippen LogP contribution in [0.1, 0.15) is 19.7 Å². The summed E-state index contributed by atoms with van der Waals surface area (Å²) in [4.78, 5) is 14.4. The van der Waals surface area contributed by atoms with E-state index in [0.717, 1.165) is 22.5 Å². The molecule has 0 fully saturated rings. The second-order valence-corrected chi connectivity index (χ2v) is 7.69. The number of hydrogen-bond donors (Lipinski definition) is 1. The van der Waals surface area contributed by atoms with Crippen LogP contribution in [0.5, 0.6) is 5.75 Å². The first-order valence-electron chi connectivity index (χ1n) is 9.04. The van der Waals surface area contributed by atoms with E-state index in [2.05, 4.69) is 38.9 Å². The van der Waals surface area contributed by atoms with Crippen LogP contribution in [0.25, 0.3) is 22.4 Å². The van der Waals surface area contributed by atoms with Crippen LogP contribution in [0.4, 0.5) is 5.95 Å². The van der Waals surface area contributed by atoms with Crippen LogP contribution in [0.2, 0.25) is 10.0 Å². The van der Waals surface area contributed by atoms with Crippen LogP contribution in [0, 0.1) is 0 Å². The normalized spacial score (nSPS) is 11.4. The molecule has 4 rings (SSSR count). The summed E-state index contributed by atoms with van der Waals surface area (Å²) in [6, 6.07) is 11.2. The number of hydrogen-bond acceptors (Lipinski definition) is 6. The second-order valence-electron chi connectivity index (χ2n) is 6.87. The van der Waals surface area contributed by atoms with Crippen molar-refractivity contribution in [3.05, 3.63) is 52.3 Å². The summed E-state index contributed by atoms with van der Waals surface area (Å²) < 4.78 is 10.9. The van der Waals surface area contributed by atoms with Crippen LogP contribution >= 0.6 is 23.2 Å². The van der Waals surface area contributed by atoms with Gasteiger partial charge in [-0.15, -0.1) is 0 Å². The fourth-order valence-electron chi connectivity index (χ4n) is 2.69. The van der Waals surface area contributed by atoms with Gasteiger partial charge in [0.2, 0.25) is 11.8 Å². The molecule has 0 aliphatic carbocycles. The van der Waals surface area contributed by atoms with Crippen molar-refractivity contribution in [2.45, 2.75) is 26.5 Å². The maximum atomic E-state index is 5.99. The number of H-pyrrole nitrogens is 1. The third-order valence-corrected chi connectivity index (χ3v) is 5.30. The first-order valence-corrected chi connectivity index (χ1v) is 9.79. The summed E-state index contributed by atoms with van der Waals surface area (Å²) in [6.07, 6.45) is 0. The molecule has 29 heavy (non-hydrogen) atoms. The minimum atomic E-state index is 0.126. The molecular formula is C20H19Cl2N5O2. The third-order valence-electron chi connectivity index (χ3n) is 4.56. The number of imidazole rings is 1. The molecule has 0 unspecified atom stereocenters. The zero-order valence-corrected chi connectivity index (χ0v) is 17.6. The molecule has 150 valence electrons. The number of aromatic amines is 1. The Morgan fingerprint density at radius 3 is 2.69 bits per heavy atom. The summed E-state index contributed by atoms with van der Waals surface area (Å²) in [5, 5.41) is 4.94. The molecule has 0 saturated carbocycles. The van der Waals surface area contributed by atoms with E-state index in [1.54, 1.807) is 18.2 Å². The van der Waals surface area contributed by atoms with Crippen molar-refractivity contribution >= 4 is 40.2 Å². The fraction of sp³-hybridized carbons (Fsp3) is 0.250. The predicted molar refractivity (Wildman–Crippen MR) is 114 cm³/mol. The Hall–Kier alpha value is -2.77. The molecule has 0 bridgehead atoms. The fourth-order valence-corrected chi connectivity index (χ4v) is 2.98. The highest BCUT2D eigenvalue weighted by atomic mass is 35.5. The lowest BCUT2D eigenvalue weighted by molar-refractivity contribution is 0.243. The lowest BCUT2D eigenvalue weighted by atomic mass is 10.2. The number of ether oxygens (including phenoxy) is 1. The molecule has 0 aliphatic heterocycles. The van der Waals surface area contributed by atoms with Crippen LogP contribution in [0.15, 0.2) is 40.9 Å². The second kappa shape index (κ2) is 7.93. The molecule has 0 radical (unpaired) electrons. The topological polar surface area (TPSA) is 80.1 Å². The summed E-state index contributed by atoms with van der Waals surface area (Å²) in [5.41, 5.74) is 2.61. The summed E-state index contributed by atoms with van der Waals surface area (Å²) in [6.45, 7) is 4.35. The summed E-state index contributed by atoms with van der Waals surface area (Å²) in [5.74, 6) is 2.22. The van der Waals surface area contributed by atoms with Gasteiger partial charge in [-0.05, 0) is 44.2 Å². The minimum absolute atomic E-state index is 0.126. The Kier molecular flexibility index (Phi) is 5.34. The SMILES string of the molecule is CC(C)N(C)c1nc2ccc(-c3noc(COc4ccc(Cl)c(Cl)c4)n3)cc2[nH]1. The zero-order chi connectivity index (χ0) is 20.5. The zero-order valence-electron chi connectivity index (χ0n) is 16.1.